The van der Waals surface area contributed by atoms with E-state index in [0.29, 0.717) is 33.7 Å². The number of ether oxygens (including phenoxy) is 1. The number of aliphatic imine (C=N–C) groups is 1. The number of hydrogen-bond acceptors (Lipinski definition) is 6. The summed E-state index contributed by atoms with van der Waals surface area (Å²) in [5, 5.41) is 3.22. The monoisotopic (exact) mass is 473 g/mol. The van der Waals surface area contributed by atoms with E-state index in [1.165, 1.54) is 11.8 Å². The molecule has 1 unspecified atom stereocenters. The Bertz CT molecular complexity index is 1060. The van der Waals surface area contributed by atoms with E-state index >= 15 is 0 Å². The normalized spacial score (nSPS) is 17.4. The largest absolute Gasteiger partial charge is 0.462 e. The van der Waals surface area contributed by atoms with Gasteiger partial charge in [-0.25, -0.2) is 9.79 Å². The number of halogens is 1. The average molecular weight is 474 g/mol. The molecule has 1 heterocycles. The van der Waals surface area contributed by atoms with Gasteiger partial charge in [0, 0.05) is 23.7 Å². The van der Waals surface area contributed by atoms with Crippen LogP contribution in [0.5, 0.6) is 0 Å². The Hall–Kier alpha value is -2.84. The van der Waals surface area contributed by atoms with Gasteiger partial charge in [0.2, 0.25) is 11.8 Å². The van der Waals surface area contributed by atoms with Crippen LogP contribution in [0.4, 0.5) is 11.4 Å². The highest BCUT2D eigenvalue weighted by Gasteiger charge is 2.35. The molecule has 3 rings (SSSR count). The van der Waals surface area contributed by atoms with Gasteiger partial charge in [-0.2, -0.15) is 0 Å². The van der Waals surface area contributed by atoms with Crippen LogP contribution in [0.15, 0.2) is 47.5 Å². The molecule has 2 amide bonds. The lowest BCUT2D eigenvalue weighted by atomic mass is 10.2. The fraction of sp³-hybridized carbons (Fsp3) is 0.304. The average Bonchev–Trinajstić information content (AvgIpc) is 2.76. The molecule has 0 aromatic heterocycles. The zero-order valence-electron chi connectivity index (χ0n) is 18.1. The minimum absolute atomic E-state index is 0.0684. The Morgan fingerprint density at radius 3 is 2.56 bits per heavy atom. The van der Waals surface area contributed by atoms with Gasteiger partial charge < -0.3 is 10.1 Å². The van der Waals surface area contributed by atoms with Crippen LogP contribution in [0.2, 0.25) is 5.02 Å². The Morgan fingerprint density at radius 2 is 1.94 bits per heavy atom. The molecule has 2 aromatic carbocycles. The highest BCUT2D eigenvalue weighted by atomic mass is 35.5. The Labute approximate surface area is 196 Å². The number of rotatable bonds is 6. The zero-order valence-corrected chi connectivity index (χ0v) is 19.6. The molecule has 1 saturated heterocycles. The van der Waals surface area contributed by atoms with Gasteiger partial charge in [-0.15, -0.1) is 0 Å². The first-order valence-electron chi connectivity index (χ1n) is 10.2. The minimum atomic E-state index is -0.630. The molecule has 1 fully saturated rings. The maximum Gasteiger partial charge on any atom is 0.338 e. The molecule has 32 heavy (non-hydrogen) atoms. The number of nitrogens with one attached hydrogen (secondary N) is 1. The van der Waals surface area contributed by atoms with E-state index in [1.54, 1.807) is 42.2 Å². The molecular formula is C23H24ClN3O4S. The van der Waals surface area contributed by atoms with Crippen molar-refractivity contribution in [3.63, 3.8) is 0 Å². The van der Waals surface area contributed by atoms with Crippen LogP contribution in [0.3, 0.4) is 0 Å². The van der Waals surface area contributed by atoms with E-state index < -0.39 is 11.2 Å². The number of carbonyl (C=O) groups excluding carboxylic acids is 3. The van der Waals surface area contributed by atoms with Crippen molar-refractivity contribution >= 4 is 57.7 Å². The third-order valence-electron chi connectivity index (χ3n) is 4.79. The molecule has 2 aromatic rings. The summed E-state index contributed by atoms with van der Waals surface area (Å²) in [7, 11) is 0. The van der Waals surface area contributed by atoms with E-state index in [1.807, 2.05) is 26.0 Å². The minimum Gasteiger partial charge on any atom is -0.462 e. The second kappa shape index (κ2) is 10.7. The molecule has 1 atom stereocenters. The van der Waals surface area contributed by atoms with Crippen molar-refractivity contribution in [1.29, 1.82) is 0 Å². The van der Waals surface area contributed by atoms with Gasteiger partial charge >= 0.3 is 5.97 Å². The number of esters is 1. The van der Waals surface area contributed by atoms with E-state index in [0.717, 1.165) is 5.56 Å². The van der Waals surface area contributed by atoms with E-state index in [4.69, 9.17) is 16.3 Å². The van der Waals surface area contributed by atoms with Crippen molar-refractivity contribution in [3.05, 3.63) is 58.6 Å². The Balaban J connectivity index is 1.75. The van der Waals surface area contributed by atoms with E-state index in [9.17, 15) is 14.4 Å². The number of amidine groups is 1. The lowest BCUT2D eigenvalue weighted by molar-refractivity contribution is -0.129. The standard InChI is InChI=1S/C23H24ClN3O4S/c1-4-27-20(28)13-19(32-23(27)26-17-9-6-14(3)18(24)12-17)21(29)25-16-10-7-15(8-11-16)22(30)31-5-2/h6-12,19H,4-5,13H2,1-3H3,(H,25,29). The fourth-order valence-electron chi connectivity index (χ4n) is 3.04. The van der Waals surface area contributed by atoms with Gasteiger partial charge in [-0.05, 0) is 62.7 Å². The zero-order chi connectivity index (χ0) is 23.3. The number of nitrogens with zero attached hydrogens (tertiary/aromatic N) is 2. The van der Waals surface area contributed by atoms with Crippen LogP contribution in [0, 0.1) is 6.92 Å². The van der Waals surface area contributed by atoms with Gasteiger partial charge in [-0.1, -0.05) is 29.4 Å². The number of aryl methyl sites for hydroxylation is 1. The van der Waals surface area contributed by atoms with Crippen LogP contribution in [0.1, 0.15) is 36.2 Å². The van der Waals surface area contributed by atoms with Crippen molar-refractivity contribution in [2.45, 2.75) is 32.4 Å². The predicted molar refractivity (Wildman–Crippen MR) is 128 cm³/mol. The molecular weight excluding hydrogens is 450 g/mol. The molecule has 0 bridgehead atoms. The van der Waals surface area contributed by atoms with Crippen molar-refractivity contribution in [3.8, 4) is 0 Å². The summed E-state index contributed by atoms with van der Waals surface area (Å²) >= 11 is 7.44. The molecule has 1 aliphatic rings. The lowest BCUT2D eigenvalue weighted by Gasteiger charge is -2.31. The molecule has 1 aliphatic heterocycles. The van der Waals surface area contributed by atoms with E-state index in [2.05, 4.69) is 10.3 Å². The highest BCUT2D eigenvalue weighted by molar-refractivity contribution is 8.15. The summed E-state index contributed by atoms with van der Waals surface area (Å²) in [6, 6.07) is 11.8. The Kier molecular flexibility index (Phi) is 7.93. The summed E-state index contributed by atoms with van der Waals surface area (Å²) in [5.74, 6) is -0.894. The molecule has 0 aliphatic carbocycles. The number of thioether (sulfide) groups is 1. The van der Waals surface area contributed by atoms with E-state index in [-0.39, 0.29) is 24.8 Å². The van der Waals surface area contributed by atoms with Crippen molar-refractivity contribution in [1.82, 2.24) is 4.90 Å². The van der Waals surface area contributed by atoms with Gasteiger partial charge in [0.1, 0.15) is 5.25 Å². The molecule has 9 heteroatoms. The van der Waals surface area contributed by atoms with Crippen LogP contribution in [-0.2, 0) is 14.3 Å². The summed E-state index contributed by atoms with van der Waals surface area (Å²) in [6.45, 7) is 6.24. The fourth-order valence-corrected chi connectivity index (χ4v) is 4.38. The summed E-state index contributed by atoms with van der Waals surface area (Å²) in [5.41, 5.74) is 2.47. The second-order valence-electron chi connectivity index (χ2n) is 7.06. The molecule has 0 spiro atoms. The quantitative estimate of drug-likeness (QED) is 0.608. The summed E-state index contributed by atoms with van der Waals surface area (Å²) in [6.07, 6.45) is 0.0684. The number of carbonyl (C=O) groups is 3. The first-order chi connectivity index (χ1) is 15.3. The van der Waals surface area contributed by atoms with Gasteiger partial charge in [-0.3, -0.25) is 14.5 Å². The molecule has 168 valence electrons. The SMILES string of the molecule is CCOC(=O)c1ccc(NC(=O)C2CC(=O)N(CC)C(=Nc3ccc(C)c(Cl)c3)S2)cc1. The van der Waals surface area contributed by atoms with Gasteiger partial charge in [0.05, 0.1) is 17.9 Å². The predicted octanol–water partition coefficient (Wildman–Crippen LogP) is 4.81. The highest BCUT2D eigenvalue weighted by Crippen LogP contribution is 2.31. The summed E-state index contributed by atoms with van der Waals surface area (Å²) in [4.78, 5) is 43.4. The topological polar surface area (TPSA) is 88.1 Å². The Morgan fingerprint density at radius 1 is 1.22 bits per heavy atom. The maximum absolute atomic E-state index is 12.9. The van der Waals surface area contributed by atoms with Crippen LogP contribution >= 0.6 is 23.4 Å². The van der Waals surface area contributed by atoms with Crippen molar-refractivity contribution in [2.24, 2.45) is 4.99 Å². The molecule has 0 saturated carbocycles. The first-order valence-corrected chi connectivity index (χ1v) is 11.5. The third kappa shape index (κ3) is 5.69. The van der Waals surface area contributed by atoms with Crippen LogP contribution in [-0.4, -0.2) is 46.3 Å². The number of hydrogen-bond donors (Lipinski definition) is 1. The molecule has 1 N–H and O–H groups in total. The van der Waals surface area contributed by atoms with Crippen LogP contribution in [0.25, 0.3) is 0 Å². The molecule has 0 radical (unpaired) electrons. The summed E-state index contributed by atoms with van der Waals surface area (Å²) < 4.78 is 4.96. The van der Waals surface area contributed by atoms with Crippen molar-refractivity contribution in [2.75, 3.05) is 18.5 Å². The maximum atomic E-state index is 12.9. The first kappa shape index (κ1) is 23.8. The smallest absolute Gasteiger partial charge is 0.338 e. The molecule has 7 nitrogen and oxygen atoms in total. The number of anilines is 1. The van der Waals surface area contributed by atoms with Gasteiger partial charge in [0.25, 0.3) is 0 Å². The lowest BCUT2D eigenvalue weighted by Crippen LogP contribution is -2.45. The van der Waals surface area contributed by atoms with Gasteiger partial charge in [0.15, 0.2) is 5.17 Å². The van der Waals surface area contributed by atoms with Crippen molar-refractivity contribution < 1.29 is 19.1 Å². The van der Waals surface area contributed by atoms with Crippen LogP contribution < -0.4 is 5.32 Å². The number of benzene rings is 2. The number of amides is 2. The second-order valence-corrected chi connectivity index (χ2v) is 8.64. The third-order valence-corrected chi connectivity index (χ3v) is 6.39.